The number of aromatic nitrogens is 2. The van der Waals surface area contributed by atoms with E-state index in [0.29, 0.717) is 50.5 Å². The van der Waals surface area contributed by atoms with Gasteiger partial charge in [0.2, 0.25) is 0 Å². The third kappa shape index (κ3) is 8.60. The topological polar surface area (TPSA) is 87.5 Å². The molecule has 0 saturated heterocycles. The Hall–Kier alpha value is -5.06. The summed E-state index contributed by atoms with van der Waals surface area (Å²) >= 11 is 12.6. The van der Waals surface area contributed by atoms with Crippen LogP contribution in [-0.2, 0) is 17.5 Å². The Kier molecular flexibility index (Phi) is 10.0. The molecule has 0 spiro atoms. The summed E-state index contributed by atoms with van der Waals surface area (Å²) in [6, 6.07) is 24.1. The summed E-state index contributed by atoms with van der Waals surface area (Å²) in [7, 11) is 1.39. The van der Waals surface area contributed by atoms with Gasteiger partial charge in [0.15, 0.2) is 0 Å². The number of amides is 2. The van der Waals surface area contributed by atoms with Gasteiger partial charge in [0.25, 0.3) is 0 Å². The van der Waals surface area contributed by atoms with Crippen molar-refractivity contribution >= 4 is 53.0 Å². The quantitative estimate of drug-likeness (QED) is 0.163. The smallest absolute Gasteiger partial charge is 0.416 e. The molecular formula is C35H27Cl2F3N4O3. The first-order valence-electron chi connectivity index (χ1n) is 14.2. The summed E-state index contributed by atoms with van der Waals surface area (Å²) < 4.78 is 41.5. The van der Waals surface area contributed by atoms with Crippen LogP contribution in [0.2, 0.25) is 10.0 Å². The van der Waals surface area contributed by atoms with Gasteiger partial charge in [-0.25, -0.2) is 9.78 Å². The number of nitrogens with one attached hydrogen (secondary N) is 1. The van der Waals surface area contributed by atoms with E-state index < -0.39 is 30.3 Å². The number of nitrogens with zero attached hydrogens (tertiary/aromatic N) is 3. The Labute approximate surface area is 278 Å². The predicted octanol–water partition coefficient (Wildman–Crippen LogP) is 9.31. The molecule has 7 nitrogen and oxygen atoms in total. The van der Waals surface area contributed by atoms with Crippen molar-refractivity contribution in [2.45, 2.75) is 12.7 Å². The minimum Gasteiger partial charge on any atom is -0.480 e. The molecule has 5 aromatic rings. The van der Waals surface area contributed by atoms with Crippen molar-refractivity contribution in [3.63, 3.8) is 0 Å². The molecule has 5 rings (SSSR count). The largest absolute Gasteiger partial charge is 0.480 e. The van der Waals surface area contributed by atoms with Crippen LogP contribution in [0.15, 0.2) is 97.2 Å². The third-order valence-corrected chi connectivity index (χ3v) is 7.70. The van der Waals surface area contributed by atoms with Crippen LogP contribution in [0, 0.1) is 0 Å². The Balaban J connectivity index is 1.38. The van der Waals surface area contributed by atoms with Crippen LogP contribution in [0.25, 0.3) is 34.5 Å². The van der Waals surface area contributed by atoms with Crippen molar-refractivity contribution in [3.05, 3.63) is 130 Å². The average Bonchev–Trinajstić information content (AvgIpc) is 3.42. The molecule has 0 saturated carbocycles. The standard InChI is InChI=1S/C35H27Cl2F3N4O3/c1-43(21-33(45)46)34(47)41-28-13-7-23(8-14-28)19-44-20-31(29-15-12-27(36)18-30(29)37)42-32(44)16-9-22-5-10-24(11-6-22)25-3-2-4-26(17-25)35(38,39)40/h2-18,20H,19,21H2,1H3,(H,41,47)(H,45,46). The molecule has 0 aliphatic heterocycles. The number of urea groups is 1. The molecule has 0 bridgehead atoms. The van der Waals surface area contributed by atoms with Crippen LogP contribution < -0.4 is 5.32 Å². The van der Waals surface area contributed by atoms with Gasteiger partial charge in [-0.1, -0.05) is 77.8 Å². The number of rotatable bonds is 9. The molecule has 4 aromatic carbocycles. The van der Waals surface area contributed by atoms with Crippen molar-refractivity contribution in [2.75, 3.05) is 18.9 Å². The first-order valence-corrected chi connectivity index (χ1v) is 14.9. The van der Waals surface area contributed by atoms with E-state index in [1.165, 1.54) is 13.1 Å². The minimum absolute atomic E-state index is 0.416. The first kappa shape index (κ1) is 33.3. The zero-order chi connectivity index (χ0) is 33.7. The van der Waals surface area contributed by atoms with Crippen molar-refractivity contribution < 1.29 is 27.9 Å². The number of anilines is 1. The van der Waals surface area contributed by atoms with Gasteiger partial charge >= 0.3 is 18.2 Å². The molecule has 0 aliphatic rings. The normalized spacial score (nSPS) is 11.5. The van der Waals surface area contributed by atoms with Gasteiger partial charge in [-0.2, -0.15) is 13.2 Å². The zero-order valence-electron chi connectivity index (χ0n) is 24.8. The van der Waals surface area contributed by atoms with Crippen LogP contribution in [0.3, 0.4) is 0 Å². The fourth-order valence-electron chi connectivity index (χ4n) is 4.73. The van der Waals surface area contributed by atoms with E-state index in [9.17, 15) is 22.8 Å². The molecule has 240 valence electrons. The fourth-order valence-corrected chi connectivity index (χ4v) is 5.24. The molecule has 1 heterocycles. The van der Waals surface area contributed by atoms with Crippen molar-refractivity contribution in [3.8, 4) is 22.4 Å². The van der Waals surface area contributed by atoms with E-state index in [1.807, 2.05) is 47.2 Å². The summed E-state index contributed by atoms with van der Waals surface area (Å²) in [5.74, 6) is -0.504. The second-order valence-electron chi connectivity index (χ2n) is 10.6. The SMILES string of the molecule is CN(CC(=O)O)C(=O)Nc1ccc(Cn2cc(-c3ccc(Cl)cc3Cl)nc2C=Cc2ccc(-c3cccc(C(F)(F)F)c3)cc2)cc1. The predicted molar refractivity (Wildman–Crippen MR) is 178 cm³/mol. The lowest BCUT2D eigenvalue weighted by Gasteiger charge is -2.15. The number of imidazole rings is 1. The monoisotopic (exact) mass is 678 g/mol. The highest BCUT2D eigenvalue weighted by molar-refractivity contribution is 6.36. The maximum atomic E-state index is 13.2. The first-order chi connectivity index (χ1) is 22.4. The Morgan fingerprint density at radius 3 is 2.32 bits per heavy atom. The highest BCUT2D eigenvalue weighted by Crippen LogP contribution is 2.33. The number of hydrogen-bond acceptors (Lipinski definition) is 3. The maximum absolute atomic E-state index is 13.2. The number of benzene rings is 4. The number of carbonyl (C=O) groups is 2. The molecule has 0 aliphatic carbocycles. The molecule has 2 N–H and O–H groups in total. The van der Waals surface area contributed by atoms with Gasteiger partial charge in [0.1, 0.15) is 12.4 Å². The van der Waals surface area contributed by atoms with E-state index in [4.69, 9.17) is 33.3 Å². The highest BCUT2D eigenvalue weighted by atomic mass is 35.5. The lowest BCUT2D eigenvalue weighted by atomic mass is 10.0. The molecular weight excluding hydrogens is 652 g/mol. The number of alkyl halides is 3. The van der Waals surface area contributed by atoms with Gasteiger partial charge in [0.05, 0.1) is 16.3 Å². The van der Waals surface area contributed by atoms with Crippen molar-refractivity contribution in [1.29, 1.82) is 0 Å². The molecule has 2 amide bonds. The molecule has 47 heavy (non-hydrogen) atoms. The zero-order valence-corrected chi connectivity index (χ0v) is 26.3. The van der Waals surface area contributed by atoms with E-state index in [1.54, 1.807) is 48.5 Å². The molecule has 0 fully saturated rings. The third-order valence-electron chi connectivity index (χ3n) is 7.15. The lowest BCUT2D eigenvalue weighted by molar-refractivity contribution is -0.138. The van der Waals surface area contributed by atoms with Gasteiger partial charge in [-0.05, 0) is 70.8 Å². The fraction of sp³-hybridized carbons (Fsp3) is 0.114. The molecule has 0 unspecified atom stereocenters. The van der Waals surface area contributed by atoms with Crippen LogP contribution in [0.1, 0.15) is 22.5 Å². The minimum atomic E-state index is -4.42. The molecule has 1 aromatic heterocycles. The second-order valence-corrected chi connectivity index (χ2v) is 11.5. The second kappa shape index (κ2) is 14.1. The van der Waals surface area contributed by atoms with E-state index >= 15 is 0 Å². The van der Waals surface area contributed by atoms with Gasteiger partial charge in [-0.3, -0.25) is 4.79 Å². The number of carboxylic acid groups (broad SMARTS) is 1. The summed E-state index contributed by atoms with van der Waals surface area (Å²) in [5.41, 5.74) is 3.95. The average molecular weight is 680 g/mol. The summed E-state index contributed by atoms with van der Waals surface area (Å²) in [6.07, 6.45) is 1.13. The lowest BCUT2D eigenvalue weighted by Crippen LogP contribution is -2.35. The number of halogens is 5. The van der Waals surface area contributed by atoms with E-state index in [-0.39, 0.29) is 0 Å². The van der Waals surface area contributed by atoms with Crippen LogP contribution in [0.4, 0.5) is 23.7 Å². The molecule has 0 atom stereocenters. The number of carbonyl (C=O) groups excluding carboxylic acids is 1. The van der Waals surface area contributed by atoms with Crippen LogP contribution in [0.5, 0.6) is 0 Å². The summed E-state index contributed by atoms with van der Waals surface area (Å²) in [5, 5.41) is 12.5. The summed E-state index contributed by atoms with van der Waals surface area (Å²) in [6.45, 7) is -0.0136. The Bertz CT molecular complexity index is 1940. The maximum Gasteiger partial charge on any atom is 0.416 e. The Morgan fingerprint density at radius 1 is 0.936 bits per heavy atom. The molecule has 12 heteroatoms. The van der Waals surface area contributed by atoms with Gasteiger partial charge in [-0.15, -0.1) is 0 Å². The highest BCUT2D eigenvalue weighted by Gasteiger charge is 2.30. The van der Waals surface area contributed by atoms with Gasteiger partial charge < -0.3 is 19.9 Å². The molecule has 0 radical (unpaired) electrons. The van der Waals surface area contributed by atoms with Crippen molar-refractivity contribution in [1.82, 2.24) is 14.5 Å². The number of likely N-dealkylation sites (N-methyl/N-ethyl adjacent to an activating group) is 1. The van der Waals surface area contributed by atoms with Crippen LogP contribution in [-0.4, -0.2) is 45.2 Å². The van der Waals surface area contributed by atoms with Crippen molar-refractivity contribution in [2.24, 2.45) is 0 Å². The van der Waals surface area contributed by atoms with Crippen LogP contribution >= 0.6 is 23.2 Å². The summed E-state index contributed by atoms with van der Waals surface area (Å²) in [4.78, 5) is 29.0. The van der Waals surface area contributed by atoms with E-state index in [2.05, 4.69) is 5.32 Å². The number of hydrogen-bond donors (Lipinski definition) is 2. The van der Waals surface area contributed by atoms with Gasteiger partial charge in [0, 0.05) is 36.1 Å². The number of carboxylic acids is 1. The Morgan fingerprint density at radius 2 is 1.66 bits per heavy atom. The van der Waals surface area contributed by atoms with E-state index in [0.717, 1.165) is 28.2 Å². The number of aliphatic carboxylic acids is 1.